The van der Waals surface area contributed by atoms with Crippen LogP contribution in [0.25, 0.3) is 0 Å². The number of rotatable bonds is 10. The average Bonchev–Trinajstić information content (AvgIpc) is 2.71. The predicted molar refractivity (Wildman–Crippen MR) is 117 cm³/mol. The number of anilines is 1. The van der Waals surface area contributed by atoms with Crippen LogP contribution in [0.5, 0.6) is 5.75 Å². The molecule has 0 heterocycles. The minimum Gasteiger partial charge on any atom is -0.497 e. The van der Waals surface area contributed by atoms with Crippen molar-refractivity contribution in [3.05, 3.63) is 36.4 Å². The summed E-state index contributed by atoms with van der Waals surface area (Å²) in [5.41, 5.74) is 6.43. The van der Waals surface area contributed by atoms with Gasteiger partial charge >= 0.3 is 0 Å². The van der Waals surface area contributed by atoms with Gasteiger partial charge in [0.25, 0.3) is 0 Å². The summed E-state index contributed by atoms with van der Waals surface area (Å²) < 4.78 is 15.8. The molecule has 0 aliphatic rings. The normalized spacial score (nSPS) is 12.5. The van der Waals surface area contributed by atoms with Gasteiger partial charge in [0.15, 0.2) is 5.78 Å². The number of nitrogens with two attached hydrogens (primary N) is 1. The predicted octanol–water partition coefficient (Wildman–Crippen LogP) is 3.00. The molecule has 1 rings (SSSR count). The quantitative estimate of drug-likeness (QED) is 0.501. The summed E-state index contributed by atoms with van der Waals surface area (Å²) in [4.78, 5) is 33.5. The lowest BCUT2D eigenvalue weighted by Crippen LogP contribution is -2.44. The number of ketones is 1. The van der Waals surface area contributed by atoms with Crippen LogP contribution < -0.4 is 21.1 Å². The van der Waals surface area contributed by atoms with Crippen LogP contribution in [-0.4, -0.2) is 43.5 Å². The van der Waals surface area contributed by atoms with Gasteiger partial charge in [-0.25, -0.2) is 4.39 Å². The second-order valence-corrected chi connectivity index (χ2v) is 7.17. The summed E-state index contributed by atoms with van der Waals surface area (Å²) in [5.74, 6) is 0.226. The minimum atomic E-state index is -0.833. The Labute approximate surface area is 178 Å². The first-order valence-electron chi connectivity index (χ1n) is 9.87. The second-order valence-electron chi connectivity index (χ2n) is 7.17. The SMILES string of the molecule is CC(=O)CF.CC[C@H](N)C(=O)N[C@H](/C=C/C(=O)Nc1ccc(OC)cc1)CC(C)C. The van der Waals surface area contributed by atoms with Crippen molar-refractivity contribution in [3.8, 4) is 5.75 Å². The molecule has 168 valence electrons. The molecule has 0 aliphatic heterocycles. The first kappa shape index (κ1) is 27.3. The number of carbonyl (C=O) groups is 3. The van der Waals surface area contributed by atoms with Gasteiger partial charge in [0.05, 0.1) is 13.2 Å². The monoisotopic (exact) mass is 423 g/mol. The summed E-state index contributed by atoms with van der Waals surface area (Å²) in [6.45, 7) is 6.36. The van der Waals surface area contributed by atoms with Gasteiger partial charge in [-0.2, -0.15) is 0 Å². The number of halogens is 1. The van der Waals surface area contributed by atoms with Gasteiger partial charge < -0.3 is 21.1 Å². The van der Waals surface area contributed by atoms with Crippen molar-refractivity contribution < 1.29 is 23.5 Å². The first-order chi connectivity index (χ1) is 14.1. The fourth-order valence-corrected chi connectivity index (χ4v) is 2.23. The molecule has 0 spiro atoms. The smallest absolute Gasteiger partial charge is 0.248 e. The van der Waals surface area contributed by atoms with E-state index in [0.29, 0.717) is 18.0 Å². The summed E-state index contributed by atoms with van der Waals surface area (Å²) >= 11 is 0. The zero-order valence-corrected chi connectivity index (χ0v) is 18.4. The Morgan fingerprint density at radius 3 is 2.20 bits per heavy atom. The Kier molecular flexibility index (Phi) is 13.8. The number of alkyl halides is 1. The lowest BCUT2D eigenvalue weighted by molar-refractivity contribution is -0.123. The van der Waals surface area contributed by atoms with Crippen molar-refractivity contribution in [2.45, 2.75) is 52.6 Å². The molecular weight excluding hydrogens is 389 g/mol. The molecule has 0 unspecified atom stereocenters. The number of benzene rings is 1. The Balaban J connectivity index is 0.00000150. The molecule has 1 aromatic carbocycles. The van der Waals surface area contributed by atoms with Crippen molar-refractivity contribution in [3.63, 3.8) is 0 Å². The van der Waals surface area contributed by atoms with Crippen molar-refractivity contribution in [1.29, 1.82) is 0 Å². The van der Waals surface area contributed by atoms with Crippen molar-refractivity contribution >= 4 is 23.3 Å². The molecule has 0 bridgehead atoms. The molecule has 1 aromatic rings. The highest BCUT2D eigenvalue weighted by molar-refractivity contribution is 5.99. The third-order valence-electron chi connectivity index (χ3n) is 3.86. The maximum Gasteiger partial charge on any atom is 0.248 e. The van der Waals surface area contributed by atoms with Crippen LogP contribution in [-0.2, 0) is 14.4 Å². The number of nitrogens with one attached hydrogen (secondary N) is 2. The number of methoxy groups -OCH3 is 1. The Morgan fingerprint density at radius 1 is 1.20 bits per heavy atom. The van der Waals surface area contributed by atoms with E-state index >= 15 is 0 Å². The fraction of sp³-hybridized carbons (Fsp3) is 0.500. The van der Waals surface area contributed by atoms with E-state index in [-0.39, 0.29) is 17.9 Å². The van der Waals surface area contributed by atoms with Gasteiger partial charge in [0.1, 0.15) is 12.4 Å². The van der Waals surface area contributed by atoms with Crippen molar-refractivity contribution in [1.82, 2.24) is 5.32 Å². The topological polar surface area (TPSA) is 111 Å². The lowest BCUT2D eigenvalue weighted by atomic mass is 10.0. The number of hydrogen-bond acceptors (Lipinski definition) is 5. The van der Waals surface area contributed by atoms with Crippen LogP contribution in [0.15, 0.2) is 36.4 Å². The third kappa shape index (κ3) is 12.7. The highest BCUT2D eigenvalue weighted by Crippen LogP contribution is 2.15. The van der Waals surface area contributed by atoms with E-state index in [9.17, 15) is 18.8 Å². The van der Waals surface area contributed by atoms with Gasteiger partial charge in [-0.15, -0.1) is 0 Å². The fourth-order valence-electron chi connectivity index (χ4n) is 2.23. The standard InChI is InChI=1S/C19H29N3O3.C3H5FO/c1-5-17(20)19(24)22-15(12-13(2)3)8-11-18(23)21-14-6-9-16(25-4)10-7-14;1-3(5)2-4/h6-11,13,15,17H,5,12,20H2,1-4H3,(H,21,23)(H,22,24);2H2,1H3/b11-8+;/t15-,17+;/m1./s1. The molecule has 4 N–H and O–H groups in total. The summed E-state index contributed by atoms with van der Waals surface area (Å²) in [6.07, 6.45) is 4.45. The number of ether oxygens (including phenoxy) is 1. The summed E-state index contributed by atoms with van der Waals surface area (Å²) in [5, 5.41) is 5.66. The Hall–Kier alpha value is -2.74. The zero-order chi connectivity index (χ0) is 23.1. The lowest BCUT2D eigenvalue weighted by Gasteiger charge is -2.19. The minimum absolute atomic E-state index is 0.201. The molecule has 0 fully saturated rings. The van der Waals surface area contributed by atoms with E-state index in [0.717, 1.165) is 12.2 Å². The van der Waals surface area contributed by atoms with Crippen LogP contribution in [0.4, 0.5) is 10.1 Å². The van der Waals surface area contributed by atoms with Gasteiger partial charge in [-0.3, -0.25) is 14.4 Å². The van der Waals surface area contributed by atoms with Crippen LogP contribution in [0.2, 0.25) is 0 Å². The molecule has 0 aromatic heterocycles. The molecule has 2 amide bonds. The van der Waals surface area contributed by atoms with Crippen molar-refractivity contribution in [2.75, 3.05) is 19.1 Å². The molecule has 8 heteroatoms. The van der Waals surface area contributed by atoms with Crippen LogP contribution >= 0.6 is 0 Å². The van der Waals surface area contributed by atoms with E-state index < -0.39 is 18.5 Å². The molecular formula is C22H34FN3O4. The van der Waals surface area contributed by atoms with Gasteiger partial charge in [0, 0.05) is 17.8 Å². The van der Waals surface area contributed by atoms with E-state index in [1.807, 2.05) is 6.92 Å². The van der Waals surface area contributed by atoms with Crippen LogP contribution in [0.3, 0.4) is 0 Å². The number of carbonyl (C=O) groups excluding carboxylic acids is 3. The van der Waals surface area contributed by atoms with Gasteiger partial charge in [-0.1, -0.05) is 26.8 Å². The van der Waals surface area contributed by atoms with E-state index in [2.05, 4.69) is 24.5 Å². The Morgan fingerprint density at radius 2 is 1.77 bits per heavy atom. The highest BCUT2D eigenvalue weighted by atomic mass is 19.1. The largest absolute Gasteiger partial charge is 0.497 e. The number of hydrogen-bond donors (Lipinski definition) is 3. The molecule has 7 nitrogen and oxygen atoms in total. The van der Waals surface area contributed by atoms with Crippen molar-refractivity contribution in [2.24, 2.45) is 11.7 Å². The first-order valence-corrected chi connectivity index (χ1v) is 9.87. The number of amides is 2. The molecule has 0 aliphatic carbocycles. The van der Waals surface area contributed by atoms with Crippen LogP contribution in [0, 0.1) is 5.92 Å². The van der Waals surface area contributed by atoms with E-state index in [1.165, 1.54) is 13.0 Å². The van der Waals surface area contributed by atoms with E-state index in [4.69, 9.17) is 10.5 Å². The summed E-state index contributed by atoms with van der Waals surface area (Å²) in [6, 6.07) is 6.31. The zero-order valence-electron chi connectivity index (χ0n) is 18.4. The summed E-state index contributed by atoms with van der Waals surface area (Å²) in [7, 11) is 1.59. The average molecular weight is 424 g/mol. The molecule has 0 radical (unpaired) electrons. The molecule has 0 saturated carbocycles. The number of Topliss-reactive ketones (excluding diaryl/α,β-unsaturated/α-hetero) is 1. The second kappa shape index (κ2) is 15.1. The van der Waals surface area contributed by atoms with Gasteiger partial charge in [-0.05, 0) is 49.9 Å². The van der Waals surface area contributed by atoms with E-state index in [1.54, 1.807) is 37.5 Å². The van der Waals surface area contributed by atoms with Gasteiger partial charge in [0.2, 0.25) is 11.8 Å². The van der Waals surface area contributed by atoms with Crippen LogP contribution in [0.1, 0.15) is 40.5 Å². The Bertz CT molecular complexity index is 690. The third-order valence-corrected chi connectivity index (χ3v) is 3.86. The molecule has 30 heavy (non-hydrogen) atoms. The molecule has 2 atom stereocenters. The highest BCUT2D eigenvalue weighted by Gasteiger charge is 2.16. The maximum atomic E-state index is 12.1. The molecule has 0 saturated heterocycles. The maximum absolute atomic E-state index is 12.1.